The molecule has 6 nitrogen and oxygen atoms in total. The summed E-state index contributed by atoms with van der Waals surface area (Å²) in [6.07, 6.45) is 3.11. The minimum atomic E-state index is -0.517. The first-order chi connectivity index (χ1) is 8.35. The number of aromatic nitrogens is 2. The van der Waals surface area contributed by atoms with Crippen molar-refractivity contribution in [3.63, 3.8) is 0 Å². The van der Waals surface area contributed by atoms with Gasteiger partial charge < -0.3 is 15.8 Å². The summed E-state index contributed by atoms with van der Waals surface area (Å²) in [6.45, 7) is 8.53. The van der Waals surface area contributed by atoms with E-state index < -0.39 is 11.7 Å². The molecule has 3 N–H and O–H groups in total. The van der Waals surface area contributed by atoms with Crippen LogP contribution in [0.15, 0.2) is 12.4 Å². The van der Waals surface area contributed by atoms with Crippen molar-refractivity contribution >= 4 is 6.09 Å². The topological polar surface area (TPSA) is 82.2 Å². The van der Waals surface area contributed by atoms with Crippen LogP contribution in [0.25, 0.3) is 0 Å². The normalized spacial score (nSPS) is 13.2. The summed E-state index contributed by atoms with van der Waals surface area (Å²) in [5.41, 5.74) is 6.02. The van der Waals surface area contributed by atoms with Crippen LogP contribution in [-0.4, -0.2) is 28.0 Å². The molecule has 102 valence electrons. The number of rotatable bonds is 4. The Morgan fingerprint density at radius 1 is 1.61 bits per heavy atom. The third-order valence-electron chi connectivity index (χ3n) is 2.31. The lowest BCUT2D eigenvalue weighted by Gasteiger charge is -2.22. The molecule has 1 heterocycles. The molecule has 0 saturated carbocycles. The molecule has 0 bridgehead atoms. The van der Waals surface area contributed by atoms with Gasteiger partial charge in [-0.15, -0.1) is 0 Å². The summed E-state index contributed by atoms with van der Waals surface area (Å²) < 4.78 is 6.98. The second kappa shape index (κ2) is 5.86. The number of ether oxygens (including phenoxy) is 1. The van der Waals surface area contributed by atoms with E-state index in [2.05, 4.69) is 10.4 Å². The van der Waals surface area contributed by atoms with Gasteiger partial charge in [-0.2, -0.15) is 5.10 Å². The number of hydrogen-bond donors (Lipinski definition) is 2. The Morgan fingerprint density at radius 2 is 2.28 bits per heavy atom. The third-order valence-corrected chi connectivity index (χ3v) is 2.31. The van der Waals surface area contributed by atoms with E-state index in [1.165, 1.54) is 0 Å². The number of carbonyl (C=O) groups is 1. The predicted molar refractivity (Wildman–Crippen MR) is 69.1 cm³/mol. The maximum atomic E-state index is 11.7. The number of alkyl carbamates (subject to hydrolysis) is 1. The summed E-state index contributed by atoms with van der Waals surface area (Å²) in [6, 6.07) is -0.278. The molecule has 0 aromatic carbocycles. The van der Waals surface area contributed by atoms with E-state index in [9.17, 15) is 4.79 Å². The van der Waals surface area contributed by atoms with Crippen molar-refractivity contribution in [1.29, 1.82) is 0 Å². The zero-order valence-electron chi connectivity index (χ0n) is 11.4. The average Bonchev–Trinajstić information content (AvgIpc) is 2.71. The van der Waals surface area contributed by atoms with Crippen LogP contribution in [0.4, 0.5) is 4.79 Å². The molecule has 0 fully saturated rings. The number of nitrogens with one attached hydrogen (secondary N) is 1. The third kappa shape index (κ3) is 4.37. The molecule has 18 heavy (non-hydrogen) atoms. The van der Waals surface area contributed by atoms with Gasteiger partial charge in [0.2, 0.25) is 0 Å². The molecule has 0 aliphatic heterocycles. The molecular formula is C12H22N4O2. The van der Waals surface area contributed by atoms with Crippen LogP contribution in [0.5, 0.6) is 0 Å². The van der Waals surface area contributed by atoms with Crippen LogP contribution in [0.1, 0.15) is 39.3 Å². The minimum Gasteiger partial charge on any atom is -0.444 e. The molecule has 0 aliphatic carbocycles. The Kier molecular flexibility index (Phi) is 4.72. The van der Waals surface area contributed by atoms with E-state index >= 15 is 0 Å². The maximum Gasteiger partial charge on any atom is 0.408 e. The monoisotopic (exact) mass is 254 g/mol. The molecule has 1 unspecified atom stereocenters. The lowest BCUT2D eigenvalue weighted by Crippen LogP contribution is -2.37. The van der Waals surface area contributed by atoms with Crippen LogP contribution in [0, 0.1) is 0 Å². The van der Waals surface area contributed by atoms with Crippen molar-refractivity contribution in [2.75, 3.05) is 6.54 Å². The maximum absolute atomic E-state index is 11.7. The lowest BCUT2D eigenvalue weighted by molar-refractivity contribution is 0.0505. The molecule has 1 atom stereocenters. The lowest BCUT2D eigenvalue weighted by atomic mass is 10.1. The Morgan fingerprint density at radius 3 is 2.72 bits per heavy atom. The van der Waals surface area contributed by atoms with E-state index in [0.29, 0.717) is 6.54 Å². The summed E-state index contributed by atoms with van der Waals surface area (Å²) in [7, 11) is 0. The fourth-order valence-corrected chi connectivity index (χ4v) is 1.46. The number of aryl methyl sites for hydroxylation is 1. The van der Waals surface area contributed by atoms with Gasteiger partial charge in [-0.25, -0.2) is 4.79 Å². The van der Waals surface area contributed by atoms with E-state index in [1.807, 2.05) is 33.9 Å². The van der Waals surface area contributed by atoms with Gasteiger partial charge in [-0.3, -0.25) is 4.68 Å². The van der Waals surface area contributed by atoms with Gasteiger partial charge in [0.05, 0.1) is 12.2 Å². The van der Waals surface area contributed by atoms with Crippen molar-refractivity contribution in [3.8, 4) is 0 Å². The highest BCUT2D eigenvalue weighted by molar-refractivity contribution is 5.68. The van der Waals surface area contributed by atoms with Gasteiger partial charge in [-0.05, 0) is 27.7 Å². The fourth-order valence-electron chi connectivity index (χ4n) is 1.46. The summed E-state index contributed by atoms with van der Waals surface area (Å²) in [4.78, 5) is 11.7. The van der Waals surface area contributed by atoms with E-state index in [0.717, 1.165) is 12.1 Å². The van der Waals surface area contributed by atoms with Gasteiger partial charge >= 0.3 is 6.09 Å². The molecule has 1 amide bonds. The first-order valence-electron chi connectivity index (χ1n) is 6.07. The smallest absolute Gasteiger partial charge is 0.408 e. The molecule has 1 rings (SSSR count). The molecular weight excluding hydrogens is 232 g/mol. The molecule has 0 aliphatic rings. The second-order valence-corrected chi connectivity index (χ2v) is 5.06. The van der Waals surface area contributed by atoms with E-state index in [-0.39, 0.29) is 6.04 Å². The quantitative estimate of drug-likeness (QED) is 0.851. The molecule has 1 aromatic rings. The van der Waals surface area contributed by atoms with Crippen molar-refractivity contribution in [3.05, 3.63) is 18.0 Å². The number of amides is 1. The molecule has 0 radical (unpaired) electrons. The van der Waals surface area contributed by atoms with Crippen molar-refractivity contribution < 1.29 is 9.53 Å². The second-order valence-electron chi connectivity index (χ2n) is 5.06. The molecule has 0 saturated heterocycles. The molecule has 6 heteroatoms. The Hall–Kier alpha value is -1.56. The standard InChI is InChI=1S/C12H22N4O2/c1-5-16-8-9(7-14-16)10(6-13)15-11(17)18-12(2,3)4/h7-8,10H,5-6,13H2,1-4H3,(H,15,17). The van der Waals surface area contributed by atoms with E-state index in [4.69, 9.17) is 10.5 Å². The van der Waals surface area contributed by atoms with Gasteiger partial charge in [0.15, 0.2) is 0 Å². The molecule has 1 aromatic heterocycles. The van der Waals surface area contributed by atoms with Crippen LogP contribution < -0.4 is 11.1 Å². The van der Waals surface area contributed by atoms with Crippen LogP contribution in [0.3, 0.4) is 0 Å². The Labute approximate surface area is 107 Å². The zero-order chi connectivity index (χ0) is 13.8. The summed E-state index contributed by atoms with van der Waals surface area (Å²) in [5, 5.41) is 6.89. The first-order valence-corrected chi connectivity index (χ1v) is 6.07. The van der Waals surface area contributed by atoms with Gasteiger partial charge in [0, 0.05) is 24.8 Å². The number of nitrogens with zero attached hydrogens (tertiary/aromatic N) is 2. The Bertz CT molecular complexity index is 395. The van der Waals surface area contributed by atoms with E-state index in [1.54, 1.807) is 10.9 Å². The predicted octanol–water partition coefficient (Wildman–Crippen LogP) is 1.43. The molecule has 0 spiro atoms. The minimum absolute atomic E-state index is 0.278. The summed E-state index contributed by atoms with van der Waals surface area (Å²) in [5.74, 6) is 0. The van der Waals surface area contributed by atoms with Crippen LogP contribution in [0.2, 0.25) is 0 Å². The van der Waals surface area contributed by atoms with Crippen molar-refractivity contribution in [2.45, 2.75) is 45.9 Å². The highest BCUT2D eigenvalue weighted by Gasteiger charge is 2.20. The Balaban J connectivity index is 2.64. The van der Waals surface area contributed by atoms with Crippen LogP contribution in [-0.2, 0) is 11.3 Å². The van der Waals surface area contributed by atoms with Crippen molar-refractivity contribution in [2.24, 2.45) is 5.73 Å². The van der Waals surface area contributed by atoms with Crippen molar-refractivity contribution in [1.82, 2.24) is 15.1 Å². The van der Waals surface area contributed by atoms with Gasteiger partial charge in [-0.1, -0.05) is 0 Å². The number of nitrogens with two attached hydrogens (primary N) is 1. The zero-order valence-corrected chi connectivity index (χ0v) is 11.4. The summed E-state index contributed by atoms with van der Waals surface area (Å²) >= 11 is 0. The number of hydrogen-bond acceptors (Lipinski definition) is 4. The number of carbonyl (C=O) groups excluding carboxylic acids is 1. The SMILES string of the molecule is CCn1cc(C(CN)NC(=O)OC(C)(C)C)cn1. The first kappa shape index (κ1) is 14.5. The average molecular weight is 254 g/mol. The van der Waals surface area contributed by atoms with Gasteiger partial charge in [0.25, 0.3) is 0 Å². The highest BCUT2D eigenvalue weighted by atomic mass is 16.6. The fraction of sp³-hybridized carbons (Fsp3) is 0.667. The largest absolute Gasteiger partial charge is 0.444 e. The van der Waals surface area contributed by atoms with Gasteiger partial charge in [0.1, 0.15) is 5.60 Å². The van der Waals surface area contributed by atoms with Crippen LogP contribution >= 0.6 is 0 Å². The highest BCUT2D eigenvalue weighted by Crippen LogP contribution is 2.13.